The summed E-state index contributed by atoms with van der Waals surface area (Å²) in [7, 11) is 0. The molecule has 0 atom stereocenters. The molecular formula is C31H32N8O3. The normalized spacial score (nSPS) is 15.7. The molecule has 42 heavy (non-hydrogen) atoms. The number of nitrogens with one attached hydrogen (secondary N) is 1. The molecule has 0 saturated carbocycles. The summed E-state index contributed by atoms with van der Waals surface area (Å²) in [5, 5.41) is 13.2. The van der Waals surface area contributed by atoms with Gasteiger partial charge in [-0.15, -0.1) is 0 Å². The summed E-state index contributed by atoms with van der Waals surface area (Å²) >= 11 is 0. The third-order valence-electron chi connectivity index (χ3n) is 7.52. The molecule has 4 heterocycles. The van der Waals surface area contributed by atoms with Crippen LogP contribution in [-0.2, 0) is 16.1 Å². The van der Waals surface area contributed by atoms with E-state index in [9.17, 15) is 10.1 Å². The van der Waals surface area contributed by atoms with Gasteiger partial charge in [0.1, 0.15) is 24.5 Å². The third-order valence-corrected chi connectivity index (χ3v) is 7.52. The van der Waals surface area contributed by atoms with Crippen molar-refractivity contribution in [1.82, 2.24) is 24.4 Å². The second kappa shape index (κ2) is 12.7. The van der Waals surface area contributed by atoms with Crippen LogP contribution in [0.2, 0.25) is 0 Å². The maximum Gasteiger partial charge on any atom is 0.242 e. The molecule has 0 spiro atoms. The van der Waals surface area contributed by atoms with Crippen LogP contribution < -0.4 is 15.0 Å². The molecule has 11 heteroatoms. The van der Waals surface area contributed by atoms with Crippen molar-refractivity contribution >= 4 is 23.2 Å². The van der Waals surface area contributed by atoms with Crippen LogP contribution in [0.25, 0.3) is 11.3 Å². The van der Waals surface area contributed by atoms with E-state index in [2.05, 4.69) is 43.4 Å². The van der Waals surface area contributed by atoms with Gasteiger partial charge < -0.3 is 29.2 Å². The molecule has 2 aromatic heterocycles. The molecule has 214 valence electrons. The summed E-state index contributed by atoms with van der Waals surface area (Å²) < 4.78 is 13.4. The number of rotatable bonds is 8. The molecule has 2 saturated heterocycles. The molecule has 2 fully saturated rings. The maximum absolute atomic E-state index is 12.6. The summed E-state index contributed by atoms with van der Waals surface area (Å²) in [5.41, 5.74) is 3.99. The lowest BCUT2D eigenvalue weighted by molar-refractivity contribution is -0.133. The van der Waals surface area contributed by atoms with Crippen molar-refractivity contribution in [1.29, 1.82) is 5.26 Å². The number of ether oxygens (including phenoxy) is 2. The van der Waals surface area contributed by atoms with Gasteiger partial charge in [-0.3, -0.25) is 4.79 Å². The van der Waals surface area contributed by atoms with Gasteiger partial charge in [0.05, 0.1) is 30.8 Å². The molecular weight excluding hydrogens is 532 g/mol. The monoisotopic (exact) mass is 564 g/mol. The number of hydrogen-bond donors (Lipinski definition) is 1. The second-order valence-electron chi connectivity index (χ2n) is 10.3. The fourth-order valence-electron chi connectivity index (χ4n) is 5.20. The van der Waals surface area contributed by atoms with Gasteiger partial charge in [-0.05, 0) is 48.5 Å². The van der Waals surface area contributed by atoms with Crippen LogP contribution in [0.3, 0.4) is 0 Å². The van der Waals surface area contributed by atoms with Crippen molar-refractivity contribution in [2.45, 2.75) is 25.5 Å². The van der Waals surface area contributed by atoms with Gasteiger partial charge in [0, 0.05) is 74.5 Å². The molecule has 2 aliphatic heterocycles. The third kappa shape index (κ3) is 6.50. The van der Waals surface area contributed by atoms with Crippen LogP contribution in [0.4, 0.5) is 17.3 Å². The Morgan fingerprint density at radius 1 is 1.05 bits per heavy atom. The van der Waals surface area contributed by atoms with Gasteiger partial charge in [0.15, 0.2) is 0 Å². The topological polar surface area (TPSA) is 121 Å². The highest BCUT2D eigenvalue weighted by Crippen LogP contribution is 2.29. The van der Waals surface area contributed by atoms with E-state index in [0.717, 1.165) is 43.2 Å². The number of aromatic nitrogens is 4. The van der Waals surface area contributed by atoms with Gasteiger partial charge >= 0.3 is 0 Å². The zero-order chi connectivity index (χ0) is 28.7. The van der Waals surface area contributed by atoms with Crippen molar-refractivity contribution in [3.8, 4) is 23.1 Å². The Kier molecular flexibility index (Phi) is 8.23. The van der Waals surface area contributed by atoms with E-state index in [1.165, 1.54) is 0 Å². The highest BCUT2D eigenvalue weighted by Gasteiger charge is 2.25. The van der Waals surface area contributed by atoms with Crippen LogP contribution in [0.15, 0.2) is 73.4 Å². The van der Waals surface area contributed by atoms with Crippen LogP contribution in [0.1, 0.15) is 18.4 Å². The smallest absolute Gasteiger partial charge is 0.242 e. The molecule has 2 aromatic carbocycles. The van der Waals surface area contributed by atoms with Gasteiger partial charge in [-0.2, -0.15) is 5.26 Å². The molecule has 0 bridgehead atoms. The van der Waals surface area contributed by atoms with E-state index in [1.807, 2.05) is 35.2 Å². The van der Waals surface area contributed by atoms with Crippen molar-refractivity contribution in [2.75, 3.05) is 49.6 Å². The first-order chi connectivity index (χ1) is 20.6. The lowest BCUT2D eigenvalue weighted by atomic mass is 10.1. The summed E-state index contributed by atoms with van der Waals surface area (Å²) in [4.78, 5) is 29.8. The first-order valence-corrected chi connectivity index (χ1v) is 14.1. The molecule has 0 radical (unpaired) electrons. The van der Waals surface area contributed by atoms with Gasteiger partial charge in [0.25, 0.3) is 0 Å². The molecule has 0 unspecified atom stereocenters. The summed E-state index contributed by atoms with van der Waals surface area (Å²) in [6, 6.07) is 17.8. The van der Waals surface area contributed by atoms with E-state index in [-0.39, 0.29) is 18.6 Å². The average molecular weight is 565 g/mol. The fourth-order valence-corrected chi connectivity index (χ4v) is 5.20. The molecule has 6 rings (SSSR count). The van der Waals surface area contributed by atoms with Crippen molar-refractivity contribution in [3.63, 3.8) is 0 Å². The Labute approximate surface area is 244 Å². The average Bonchev–Trinajstić information content (AvgIpc) is 3.55. The lowest BCUT2D eigenvalue weighted by Crippen LogP contribution is -2.43. The van der Waals surface area contributed by atoms with Crippen LogP contribution in [-0.4, -0.2) is 75.8 Å². The second-order valence-corrected chi connectivity index (χ2v) is 10.3. The number of amides is 1. The van der Waals surface area contributed by atoms with E-state index < -0.39 is 0 Å². The molecule has 11 nitrogen and oxygen atoms in total. The number of hydrogen-bond acceptors (Lipinski definition) is 9. The highest BCUT2D eigenvalue weighted by molar-refractivity contribution is 5.76. The Hall–Kier alpha value is -4.95. The van der Waals surface area contributed by atoms with Crippen molar-refractivity contribution in [3.05, 3.63) is 79.0 Å². The molecule has 1 amide bonds. The Morgan fingerprint density at radius 2 is 1.86 bits per heavy atom. The number of likely N-dealkylation sites (tertiary alicyclic amines) is 1. The molecule has 4 aromatic rings. The van der Waals surface area contributed by atoms with Gasteiger partial charge in [0.2, 0.25) is 11.9 Å². The summed E-state index contributed by atoms with van der Waals surface area (Å²) in [6.07, 6.45) is 8.14. The minimum Gasteiger partial charge on any atom is -0.489 e. The standard InChI is InChI=1S/C31H32N8O3/c32-20-24-19-23(1-6-29(24)42-27-8-12-39(13-9-27)30(40)21-37-14-11-33-22-37)28-7-10-34-31(36-28)35-25-2-4-26(5-3-25)38-15-17-41-18-16-38/h1-7,10-11,14,19,22,27H,8-9,12-13,15-18,21H2,(H,34,35,36). The van der Waals surface area contributed by atoms with Crippen LogP contribution in [0.5, 0.6) is 5.75 Å². The maximum atomic E-state index is 12.6. The number of carbonyl (C=O) groups is 1. The Balaban J connectivity index is 1.07. The summed E-state index contributed by atoms with van der Waals surface area (Å²) in [6.45, 7) is 4.79. The Bertz CT molecular complexity index is 1540. The number of morpholine rings is 1. The van der Waals surface area contributed by atoms with E-state index in [0.29, 0.717) is 48.9 Å². The minimum absolute atomic E-state index is 0.0651. The number of benzene rings is 2. The number of anilines is 3. The first kappa shape index (κ1) is 27.2. The van der Waals surface area contributed by atoms with Gasteiger partial charge in [-0.25, -0.2) is 15.0 Å². The minimum atomic E-state index is -0.0651. The zero-order valence-electron chi connectivity index (χ0n) is 23.2. The lowest BCUT2D eigenvalue weighted by Gasteiger charge is -2.32. The number of imidazole rings is 1. The van der Waals surface area contributed by atoms with E-state index in [4.69, 9.17) is 9.47 Å². The van der Waals surface area contributed by atoms with E-state index in [1.54, 1.807) is 35.6 Å². The largest absolute Gasteiger partial charge is 0.489 e. The quantitative estimate of drug-likeness (QED) is 0.340. The van der Waals surface area contributed by atoms with Crippen LogP contribution >= 0.6 is 0 Å². The summed E-state index contributed by atoms with van der Waals surface area (Å²) in [5.74, 6) is 1.08. The number of piperidine rings is 1. The van der Waals surface area contributed by atoms with Crippen molar-refractivity contribution in [2.24, 2.45) is 0 Å². The number of carbonyl (C=O) groups excluding carboxylic acids is 1. The highest BCUT2D eigenvalue weighted by atomic mass is 16.5. The first-order valence-electron chi connectivity index (χ1n) is 14.1. The fraction of sp³-hybridized carbons (Fsp3) is 0.323. The van der Waals surface area contributed by atoms with Gasteiger partial charge in [-0.1, -0.05) is 0 Å². The number of nitrogens with zero attached hydrogens (tertiary/aromatic N) is 7. The van der Waals surface area contributed by atoms with E-state index >= 15 is 0 Å². The molecule has 0 aliphatic carbocycles. The Morgan fingerprint density at radius 3 is 2.60 bits per heavy atom. The molecule has 2 aliphatic rings. The SMILES string of the molecule is N#Cc1cc(-c2ccnc(Nc3ccc(N4CCOCC4)cc3)n2)ccc1OC1CCN(C(=O)Cn2ccnc2)CC1. The number of nitriles is 1. The zero-order valence-corrected chi connectivity index (χ0v) is 23.2. The molecule has 1 N–H and O–H groups in total. The van der Waals surface area contributed by atoms with Crippen molar-refractivity contribution < 1.29 is 14.3 Å². The predicted octanol–water partition coefficient (Wildman–Crippen LogP) is 3.86. The predicted molar refractivity (Wildman–Crippen MR) is 157 cm³/mol. The van der Waals surface area contributed by atoms with Crippen LogP contribution in [0, 0.1) is 11.3 Å².